The minimum atomic E-state index is -0.329. The second kappa shape index (κ2) is 3.90. The zero-order chi connectivity index (χ0) is 9.03. The Morgan fingerprint density at radius 2 is 2.00 bits per heavy atom. The quantitative estimate of drug-likeness (QED) is 0.635. The smallest absolute Gasteiger partial charge is 0.303 e. The third kappa shape index (κ3) is 2.21. The predicted octanol–water partition coefficient (Wildman–Crippen LogP) is 1.21. The number of hydrogen-bond donors (Lipinski definition) is 1. The van der Waals surface area contributed by atoms with E-state index in [4.69, 9.17) is 10.5 Å². The molecule has 1 aliphatic carbocycles. The van der Waals surface area contributed by atoms with Crippen molar-refractivity contribution in [1.82, 2.24) is 0 Å². The van der Waals surface area contributed by atoms with Crippen LogP contribution < -0.4 is 5.73 Å². The molecule has 0 spiro atoms. The van der Waals surface area contributed by atoms with Crippen LogP contribution in [0.3, 0.4) is 0 Å². The van der Waals surface area contributed by atoms with Gasteiger partial charge in [-0.05, 0) is 25.7 Å². The number of carbonyl (C=O) groups is 1. The van der Waals surface area contributed by atoms with E-state index in [0.29, 0.717) is 6.54 Å². The van der Waals surface area contributed by atoms with Crippen LogP contribution in [0.5, 0.6) is 0 Å². The minimum absolute atomic E-state index is 0.206. The molecular formula is C9H17NO2. The number of rotatable bonds is 2. The van der Waals surface area contributed by atoms with Crippen molar-refractivity contribution in [2.75, 3.05) is 6.54 Å². The zero-order valence-corrected chi connectivity index (χ0v) is 7.64. The zero-order valence-electron chi connectivity index (χ0n) is 7.64. The molecule has 3 heteroatoms. The highest BCUT2D eigenvalue weighted by Gasteiger charge is 2.33. The summed E-state index contributed by atoms with van der Waals surface area (Å²) in [5, 5.41) is 0. The lowest BCUT2D eigenvalue weighted by Crippen LogP contribution is -2.43. The van der Waals surface area contributed by atoms with Gasteiger partial charge in [-0.1, -0.05) is 6.42 Å². The summed E-state index contributed by atoms with van der Waals surface area (Å²) in [6.45, 7) is 1.92. The highest BCUT2D eigenvalue weighted by molar-refractivity contribution is 5.66. The van der Waals surface area contributed by atoms with Crippen molar-refractivity contribution >= 4 is 5.97 Å². The van der Waals surface area contributed by atoms with Gasteiger partial charge in [-0.2, -0.15) is 0 Å². The van der Waals surface area contributed by atoms with Gasteiger partial charge in [0.15, 0.2) is 0 Å². The third-order valence-electron chi connectivity index (χ3n) is 2.50. The van der Waals surface area contributed by atoms with Crippen molar-refractivity contribution in [3.63, 3.8) is 0 Å². The second-order valence-corrected chi connectivity index (χ2v) is 3.54. The van der Waals surface area contributed by atoms with Gasteiger partial charge in [0.2, 0.25) is 0 Å². The van der Waals surface area contributed by atoms with Gasteiger partial charge in [0.25, 0.3) is 0 Å². The largest absolute Gasteiger partial charge is 0.458 e. The molecule has 12 heavy (non-hydrogen) atoms. The van der Waals surface area contributed by atoms with E-state index in [1.54, 1.807) is 0 Å². The Balaban J connectivity index is 2.53. The molecule has 3 nitrogen and oxygen atoms in total. The molecule has 1 saturated carbocycles. The van der Waals surface area contributed by atoms with E-state index < -0.39 is 0 Å². The van der Waals surface area contributed by atoms with Crippen LogP contribution in [0.2, 0.25) is 0 Å². The van der Waals surface area contributed by atoms with E-state index in [2.05, 4.69) is 0 Å². The summed E-state index contributed by atoms with van der Waals surface area (Å²) in [6, 6.07) is 0. The van der Waals surface area contributed by atoms with Crippen molar-refractivity contribution in [3.8, 4) is 0 Å². The van der Waals surface area contributed by atoms with E-state index in [1.807, 2.05) is 0 Å². The average Bonchev–Trinajstić information content (AvgIpc) is 2.05. The molecule has 0 aromatic heterocycles. The Morgan fingerprint density at radius 3 is 2.42 bits per heavy atom. The van der Waals surface area contributed by atoms with E-state index >= 15 is 0 Å². The van der Waals surface area contributed by atoms with Gasteiger partial charge in [-0.25, -0.2) is 0 Å². The third-order valence-corrected chi connectivity index (χ3v) is 2.50. The maximum atomic E-state index is 10.8. The van der Waals surface area contributed by atoms with E-state index in [-0.39, 0.29) is 11.6 Å². The maximum absolute atomic E-state index is 10.8. The summed E-state index contributed by atoms with van der Waals surface area (Å²) in [5.74, 6) is -0.206. The summed E-state index contributed by atoms with van der Waals surface area (Å²) in [7, 11) is 0. The van der Waals surface area contributed by atoms with Gasteiger partial charge in [0, 0.05) is 13.5 Å². The summed E-state index contributed by atoms with van der Waals surface area (Å²) in [4.78, 5) is 10.8. The summed E-state index contributed by atoms with van der Waals surface area (Å²) in [6.07, 6.45) is 5.37. The highest BCUT2D eigenvalue weighted by Crippen LogP contribution is 2.30. The number of nitrogens with two attached hydrogens (primary N) is 1. The molecule has 1 rings (SSSR count). The number of hydrogen-bond acceptors (Lipinski definition) is 3. The Hall–Kier alpha value is -0.570. The molecule has 0 bridgehead atoms. The van der Waals surface area contributed by atoms with E-state index in [0.717, 1.165) is 25.7 Å². The van der Waals surface area contributed by atoms with Crippen molar-refractivity contribution in [2.45, 2.75) is 44.6 Å². The first-order chi connectivity index (χ1) is 5.68. The Morgan fingerprint density at radius 1 is 1.42 bits per heavy atom. The predicted molar refractivity (Wildman–Crippen MR) is 46.6 cm³/mol. The lowest BCUT2D eigenvalue weighted by Gasteiger charge is -2.35. The van der Waals surface area contributed by atoms with Crippen LogP contribution in [0.4, 0.5) is 0 Å². The van der Waals surface area contributed by atoms with Crippen LogP contribution in [0.25, 0.3) is 0 Å². The summed E-state index contributed by atoms with van der Waals surface area (Å²) >= 11 is 0. The molecule has 0 unspecified atom stereocenters. The van der Waals surface area contributed by atoms with Crippen LogP contribution in [0.1, 0.15) is 39.0 Å². The molecule has 0 amide bonds. The molecule has 70 valence electrons. The Kier molecular flexibility index (Phi) is 3.09. The summed E-state index contributed by atoms with van der Waals surface area (Å²) < 4.78 is 5.26. The van der Waals surface area contributed by atoms with E-state index in [9.17, 15) is 4.79 Å². The van der Waals surface area contributed by atoms with Gasteiger partial charge in [0.05, 0.1) is 0 Å². The SMILES string of the molecule is CC(=O)OC1(CN)CCCCC1. The fraction of sp³-hybridized carbons (Fsp3) is 0.889. The molecule has 0 aromatic rings. The van der Waals surface area contributed by atoms with Crippen molar-refractivity contribution in [3.05, 3.63) is 0 Å². The van der Waals surface area contributed by atoms with Crippen molar-refractivity contribution in [2.24, 2.45) is 5.73 Å². The molecule has 0 aromatic carbocycles. The summed E-state index contributed by atoms with van der Waals surface area (Å²) in [5.41, 5.74) is 5.28. The number of ether oxygens (including phenoxy) is 1. The monoisotopic (exact) mass is 171 g/mol. The van der Waals surface area contributed by atoms with Crippen molar-refractivity contribution in [1.29, 1.82) is 0 Å². The maximum Gasteiger partial charge on any atom is 0.303 e. The normalized spacial score (nSPS) is 21.8. The fourth-order valence-electron chi connectivity index (χ4n) is 1.85. The van der Waals surface area contributed by atoms with Gasteiger partial charge in [0.1, 0.15) is 5.60 Å². The van der Waals surface area contributed by atoms with E-state index in [1.165, 1.54) is 13.3 Å². The average molecular weight is 171 g/mol. The fourth-order valence-corrected chi connectivity index (χ4v) is 1.85. The van der Waals surface area contributed by atoms with Crippen LogP contribution in [0, 0.1) is 0 Å². The number of esters is 1. The molecule has 0 heterocycles. The second-order valence-electron chi connectivity index (χ2n) is 3.54. The van der Waals surface area contributed by atoms with Crippen LogP contribution in [-0.4, -0.2) is 18.1 Å². The van der Waals surface area contributed by atoms with Gasteiger partial charge < -0.3 is 10.5 Å². The Bertz CT molecular complexity index is 162. The number of carbonyl (C=O) groups excluding carboxylic acids is 1. The lowest BCUT2D eigenvalue weighted by atomic mass is 9.85. The first kappa shape index (κ1) is 9.52. The molecule has 0 aliphatic heterocycles. The van der Waals surface area contributed by atoms with Crippen LogP contribution in [-0.2, 0) is 9.53 Å². The molecule has 0 saturated heterocycles. The van der Waals surface area contributed by atoms with Crippen LogP contribution in [0.15, 0.2) is 0 Å². The molecule has 1 aliphatic rings. The first-order valence-corrected chi connectivity index (χ1v) is 4.58. The van der Waals surface area contributed by atoms with Gasteiger partial charge in [-0.15, -0.1) is 0 Å². The molecule has 2 N–H and O–H groups in total. The lowest BCUT2D eigenvalue weighted by molar-refractivity contribution is -0.159. The molecule has 0 atom stereocenters. The highest BCUT2D eigenvalue weighted by atomic mass is 16.6. The van der Waals surface area contributed by atoms with Crippen molar-refractivity contribution < 1.29 is 9.53 Å². The Labute approximate surface area is 73.3 Å². The van der Waals surface area contributed by atoms with Gasteiger partial charge in [-0.3, -0.25) is 4.79 Å². The molecule has 0 radical (unpaired) electrons. The topological polar surface area (TPSA) is 52.3 Å². The minimum Gasteiger partial charge on any atom is -0.458 e. The molecule has 1 fully saturated rings. The standard InChI is InChI=1S/C9H17NO2/c1-8(11)12-9(7-10)5-3-2-4-6-9/h2-7,10H2,1H3. The van der Waals surface area contributed by atoms with Crippen LogP contribution >= 0.6 is 0 Å². The van der Waals surface area contributed by atoms with Gasteiger partial charge >= 0.3 is 5.97 Å². The molecular weight excluding hydrogens is 154 g/mol. The first-order valence-electron chi connectivity index (χ1n) is 4.58.